The number of rotatable bonds is 5. The minimum atomic E-state index is -0.751. The summed E-state index contributed by atoms with van der Waals surface area (Å²) < 4.78 is 11.3. The normalized spacial score (nSPS) is 19.5. The van der Waals surface area contributed by atoms with E-state index in [1.807, 2.05) is 25.1 Å². The SMILES string of the molecule is CCOC(=O)CNC(=O)[C@@H](C)N1CC2(CCN(C)CC2)Oc2ccc(C)cc2C1=O. The van der Waals surface area contributed by atoms with Crippen molar-refractivity contribution in [3.05, 3.63) is 29.3 Å². The molecule has 1 aromatic carbocycles. The van der Waals surface area contributed by atoms with Gasteiger partial charge in [0.05, 0.1) is 18.7 Å². The van der Waals surface area contributed by atoms with Gasteiger partial charge in [0, 0.05) is 25.9 Å². The molecule has 1 fully saturated rings. The smallest absolute Gasteiger partial charge is 0.325 e. The summed E-state index contributed by atoms with van der Waals surface area (Å²) in [5, 5.41) is 2.58. The second-order valence-electron chi connectivity index (χ2n) is 8.22. The Labute approximate surface area is 177 Å². The Hall–Kier alpha value is -2.61. The number of esters is 1. The van der Waals surface area contributed by atoms with E-state index in [0.29, 0.717) is 17.9 Å². The van der Waals surface area contributed by atoms with Crippen molar-refractivity contribution in [1.29, 1.82) is 0 Å². The summed E-state index contributed by atoms with van der Waals surface area (Å²) >= 11 is 0. The molecule has 0 saturated carbocycles. The Morgan fingerprint density at radius 3 is 2.67 bits per heavy atom. The van der Waals surface area contributed by atoms with Crippen molar-refractivity contribution in [2.24, 2.45) is 0 Å². The maximum Gasteiger partial charge on any atom is 0.325 e. The molecule has 2 amide bonds. The quantitative estimate of drug-likeness (QED) is 0.728. The lowest BCUT2D eigenvalue weighted by Gasteiger charge is -2.42. The number of carbonyl (C=O) groups excluding carboxylic acids is 3. The van der Waals surface area contributed by atoms with Crippen molar-refractivity contribution in [2.45, 2.75) is 45.3 Å². The van der Waals surface area contributed by atoms with Crippen LogP contribution >= 0.6 is 0 Å². The standard InChI is InChI=1S/C22H31N3O5/c1-5-29-19(26)13-23-20(27)16(3)25-14-22(8-10-24(4)11-9-22)30-18-7-6-15(2)12-17(18)21(25)28/h6-7,12,16H,5,8-11,13-14H2,1-4H3,(H,23,27)/t16-/m1/s1. The first-order valence-electron chi connectivity index (χ1n) is 10.5. The first kappa shape index (κ1) is 22.1. The Balaban J connectivity index is 1.87. The van der Waals surface area contributed by atoms with Gasteiger partial charge in [-0.05, 0) is 40.0 Å². The lowest BCUT2D eigenvalue weighted by atomic mass is 9.90. The van der Waals surface area contributed by atoms with Crippen molar-refractivity contribution in [1.82, 2.24) is 15.1 Å². The zero-order valence-corrected chi connectivity index (χ0v) is 18.2. The third kappa shape index (κ3) is 4.75. The summed E-state index contributed by atoms with van der Waals surface area (Å²) in [7, 11) is 2.06. The van der Waals surface area contributed by atoms with Crippen LogP contribution in [0.3, 0.4) is 0 Å². The lowest BCUT2D eigenvalue weighted by molar-refractivity contribution is -0.143. The molecule has 8 nitrogen and oxygen atoms in total. The van der Waals surface area contributed by atoms with Crippen LogP contribution in [0.5, 0.6) is 5.75 Å². The number of amides is 2. The number of nitrogens with one attached hydrogen (secondary N) is 1. The summed E-state index contributed by atoms with van der Waals surface area (Å²) in [6.07, 6.45) is 1.52. The van der Waals surface area contributed by atoms with Crippen LogP contribution in [-0.2, 0) is 14.3 Å². The molecular weight excluding hydrogens is 386 g/mol. The molecule has 1 atom stereocenters. The molecule has 2 heterocycles. The number of ether oxygens (including phenoxy) is 2. The maximum absolute atomic E-state index is 13.4. The predicted octanol–water partition coefficient (Wildman–Crippen LogP) is 1.36. The third-order valence-electron chi connectivity index (χ3n) is 5.87. The van der Waals surface area contributed by atoms with Crippen molar-refractivity contribution < 1.29 is 23.9 Å². The van der Waals surface area contributed by atoms with Crippen LogP contribution in [0.25, 0.3) is 0 Å². The van der Waals surface area contributed by atoms with Gasteiger partial charge in [0.1, 0.15) is 23.9 Å². The molecule has 2 aliphatic rings. The number of piperidine rings is 1. The number of nitrogens with zero attached hydrogens (tertiary/aromatic N) is 2. The van der Waals surface area contributed by atoms with E-state index in [-0.39, 0.29) is 19.1 Å². The molecule has 0 unspecified atom stereocenters. The van der Waals surface area contributed by atoms with Crippen LogP contribution in [0.2, 0.25) is 0 Å². The van der Waals surface area contributed by atoms with Crippen LogP contribution in [-0.4, -0.2) is 79.1 Å². The van der Waals surface area contributed by atoms with Crippen LogP contribution in [0.4, 0.5) is 0 Å². The fraction of sp³-hybridized carbons (Fsp3) is 0.591. The van der Waals surface area contributed by atoms with Gasteiger partial charge in [0.15, 0.2) is 0 Å². The van der Waals surface area contributed by atoms with Gasteiger partial charge in [-0.3, -0.25) is 14.4 Å². The van der Waals surface area contributed by atoms with Crippen molar-refractivity contribution in [2.75, 3.05) is 39.8 Å². The minimum Gasteiger partial charge on any atom is -0.484 e. The number of hydrogen-bond donors (Lipinski definition) is 1. The molecule has 3 rings (SSSR count). The van der Waals surface area contributed by atoms with Crippen molar-refractivity contribution >= 4 is 17.8 Å². The van der Waals surface area contributed by atoms with E-state index in [0.717, 1.165) is 31.5 Å². The number of carbonyl (C=O) groups is 3. The molecular formula is C22H31N3O5. The third-order valence-corrected chi connectivity index (χ3v) is 5.87. The average molecular weight is 418 g/mol. The molecule has 0 bridgehead atoms. The van der Waals surface area contributed by atoms with Crippen LogP contribution in [0, 0.1) is 6.92 Å². The summed E-state index contributed by atoms with van der Waals surface area (Å²) in [4.78, 5) is 41.6. The second kappa shape index (κ2) is 9.04. The van der Waals surface area contributed by atoms with E-state index in [4.69, 9.17) is 9.47 Å². The van der Waals surface area contributed by atoms with Crippen LogP contribution in [0.15, 0.2) is 18.2 Å². The number of hydrogen-bond acceptors (Lipinski definition) is 6. The fourth-order valence-corrected chi connectivity index (χ4v) is 3.96. The van der Waals surface area contributed by atoms with Gasteiger partial charge in [-0.2, -0.15) is 0 Å². The molecule has 1 saturated heterocycles. The van der Waals surface area contributed by atoms with Gasteiger partial charge in [0.25, 0.3) is 5.91 Å². The Morgan fingerprint density at radius 1 is 1.30 bits per heavy atom. The highest BCUT2D eigenvalue weighted by Gasteiger charge is 2.44. The molecule has 0 radical (unpaired) electrons. The highest BCUT2D eigenvalue weighted by atomic mass is 16.5. The monoisotopic (exact) mass is 417 g/mol. The number of aryl methyl sites for hydroxylation is 1. The minimum absolute atomic E-state index is 0.221. The summed E-state index contributed by atoms with van der Waals surface area (Å²) in [6.45, 7) is 7.37. The number of benzene rings is 1. The zero-order valence-electron chi connectivity index (χ0n) is 18.2. The predicted molar refractivity (Wildman–Crippen MR) is 111 cm³/mol. The van der Waals surface area contributed by atoms with Gasteiger partial charge in [-0.1, -0.05) is 11.6 Å². The Morgan fingerprint density at radius 2 is 2.00 bits per heavy atom. The number of fused-ring (bicyclic) bond motifs is 1. The average Bonchev–Trinajstić information content (AvgIpc) is 2.83. The van der Waals surface area contributed by atoms with E-state index < -0.39 is 23.5 Å². The molecule has 30 heavy (non-hydrogen) atoms. The summed E-state index contributed by atoms with van der Waals surface area (Å²) in [5.41, 5.74) is 0.874. The van der Waals surface area contributed by atoms with Gasteiger partial charge >= 0.3 is 5.97 Å². The van der Waals surface area contributed by atoms with E-state index in [1.165, 1.54) is 0 Å². The first-order valence-corrected chi connectivity index (χ1v) is 10.5. The van der Waals surface area contributed by atoms with E-state index in [9.17, 15) is 14.4 Å². The molecule has 1 spiro atoms. The maximum atomic E-state index is 13.4. The summed E-state index contributed by atoms with van der Waals surface area (Å²) in [5.74, 6) is -0.563. The molecule has 1 aromatic rings. The van der Waals surface area contributed by atoms with Crippen molar-refractivity contribution in [3.63, 3.8) is 0 Å². The first-order chi connectivity index (χ1) is 14.2. The van der Waals surface area contributed by atoms with Crippen molar-refractivity contribution in [3.8, 4) is 5.75 Å². The molecule has 0 aromatic heterocycles. The molecule has 2 aliphatic heterocycles. The largest absolute Gasteiger partial charge is 0.484 e. The van der Waals surface area contributed by atoms with E-state index >= 15 is 0 Å². The summed E-state index contributed by atoms with van der Waals surface area (Å²) in [6, 6.07) is 4.83. The molecule has 0 aliphatic carbocycles. The lowest BCUT2D eigenvalue weighted by Crippen LogP contribution is -2.57. The van der Waals surface area contributed by atoms with Gasteiger partial charge in [-0.15, -0.1) is 0 Å². The topological polar surface area (TPSA) is 88.2 Å². The molecule has 1 N–H and O–H groups in total. The van der Waals surface area contributed by atoms with E-state index in [2.05, 4.69) is 17.3 Å². The highest BCUT2D eigenvalue weighted by molar-refractivity contribution is 6.00. The van der Waals surface area contributed by atoms with E-state index in [1.54, 1.807) is 18.7 Å². The Bertz CT molecular complexity index is 817. The van der Waals surface area contributed by atoms with Crippen LogP contribution in [0.1, 0.15) is 42.6 Å². The Kier molecular flexibility index (Phi) is 6.65. The van der Waals surface area contributed by atoms with Gasteiger partial charge in [0.2, 0.25) is 5.91 Å². The van der Waals surface area contributed by atoms with Crippen LogP contribution < -0.4 is 10.1 Å². The van der Waals surface area contributed by atoms with Gasteiger partial charge in [-0.25, -0.2) is 0 Å². The highest BCUT2D eigenvalue weighted by Crippen LogP contribution is 2.36. The number of likely N-dealkylation sites (tertiary alicyclic amines) is 1. The molecule has 164 valence electrons. The zero-order chi connectivity index (χ0) is 21.9. The fourth-order valence-electron chi connectivity index (χ4n) is 3.96. The van der Waals surface area contributed by atoms with Gasteiger partial charge < -0.3 is 24.6 Å². The second-order valence-corrected chi connectivity index (χ2v) is 8.22. The molecule has 8 heteroatoms.